The fourth-order valence-electron chi connectivity index (χ4n) is 1.11. The summed E-state index contributed by atoms with van der Waals surface area (Å²) < 4.78 is 4.56. The number of para-hydroxylation sites is 2. The lowest BCUT2D eigenvalue weighted by atomic mass is 10.3. The van der Waals surface area contributed by atoms with Crippen molar-refractivity contribution in [2.45, 2.75) is 13.8 Å². The molecule has 2 aromatic rings. The molecule has 2 aromatic carbocycles. The third kappa shape index (κ3) is 11.1. The van der Waals surface area contributed by atoms with Crippen molar-refractivity contribution in [2.24, 2.45) is 0 Å². The molecular weight excluding hydrogens is 280 g/mol. The van der Waals surface area contributed by atoms with Crippen LogP contribution >= 0.6 is 0 Å². The van der Waals surface area contributed by atoms with Crippen molar-refractivity contribution in [1.82, 2.24) is 0 Å². The Morgan fingerprint density at radius 2 is 1.32 bits per heavy atom. The van der Waals surface area contributed by atoms with Crippen molar-refractivity contribution in [3.05, 3.63) is 72.8 Å². The second kappa shape index (κ2) is 12.0. The van der Waals surface area contributed by atoms with E-state index in [4.69, 9.17) is 10.2 Å². The standard InChI is InChI=1S/C6H10O2.2C6H6O/c1-4-8-6(7)5(2)3;2*7-6-4-2-1-3-5-6/h2,4H2,1,3H3;2*1-5,7H. The monoisotopic (exact) mass is 302 g/mol. The molecule has 0 amide bonds. The van der Waals surface area contributed by atoms with Crippen molar-refractivity contribution in [3.63, 3.8) is 0 Å². The summed E-state index contributed by atoms with van der Waals surface area (Å²) in [6.07, 6.45) is 0. The van der Waals surface area contributed by atoms with Crippen molar-refractivity contribution < 1.29 is 19.7 Å². The van der Waals surface area contributed by atoms with Crippen LogP contribution < -0.4 is 0 Å². The number of aromatic hydroxyl groups is 2. The molecule has 0 aromatic heterocycles. The number of phenols is 2. The minimum Gasteiger partial charge on any atom is -0.508 e. The topological polar surface area (TPSA) is 66.8 Å². The average molecular weight is 302 g/mol. The number of rotatable bonds is 2. The summed E-state index contributed by atoms with van der Waals surface area (Å²) in [6.45, 7) is 7.21. The van der Waals surface area contributed by atoms with Crippen LogP contribution in [0.15, 0.2) is 72.8 Å². The molecule has 0 bridgehead atoms. The zero-order valence-corrected chi connectivity index (χ0v) is 12.9. The largest absolute Gasteiger partial charge is 0.508 e. The van der Waals surface area contributed by atoms with E-state index in [1.807, 2.05) is 12.1 Å². The first-order chi connectivity index (χ1) is 10.5. The van der Waals surface area contributed by atoms with Gasteiger partial charge in [0.1, 0.15) is 11.5 Å². The van der Waals surface area contributed by atoms with Gasteiger partial charge in [-0.15, -0.1) is 0 Å². The smallest absolute Gasteiger partial charge is 0.333 e. The third-order valence-corrected chi connectivity index (χ3v) is 2.14. The molecule has 0 saturated carbocycles. The van der Waals surface area contributed by atoms with Crippen LogP contribution in [0.5, 0.6) is 11.5 Å². The number of hydrogen-bond donors (Lipinski definition) is 2. The predicted octanol–water partition coefficient (Wildman–Crippen LogP) is 3.91. The van der Waals surface area contributed by atoms with E-state index in [9.17, 15) is 4.79 Å². The Morgan fingerprint density at radius 3 is 1.45 bits per heavy atom. The minimum atomic E-state index is -0.312. The molecule has 4 heteroatoms. The Hall–Kier alpha value is -2.75. The van der Waals surface area contributed by atoms with Crippen LogP contribution in [0.2, 0.25) is 0 Å². The van der Waals surface area contributed by atoms with E-state index >= 15 is 0 Å². The van der Waals surface area contributed by atoms with E-state index in [2.05, 4.69) is 11.3 Å². The molecular formula is C18H22O4. The van der Waals surface area contributed by atoms with Gasteiger partial charge in [-0.25, -0.2) is 4.79 Å². The molecule has 0 aliphatic carbocycles. The predicted molar refractivity (Wildman–Crippen MR) is 87.7 cm³/mol. The highest BCUT2D eigenvalue weighted by Crippen LogP contribution is 2.03. The molecule has 0 fully saturated rings. The number of esters is 1. The van der Waals surface area contributed by atoms with Gasteiger partial charge in [-0.05, 0) is 38.1 Å². The number of phenolic OH excluding ortho intramolecular Hbond substituents is 2. The van der Waals surface area contributed by atoms with Gasteiger partial charge in [0.25, 0.3) is 0 Å². The second-order valence-corrected chi connectivity index (χ2v) is 4.17. The number of benzene rings is 2. The molecule has 2 N–H and O–H groups in total. The van der Waals surface area contributed by atoms with Crippen LogP contribution in [-0.2, 0) is 9.53 Å². The van der Waals surface area contributed by atoms with Gasteiger partial charge >= 0.3 is 5.97 Å². The molecule has 0 saturated heterocycles. The van der Waals surface area contributed by atoms with Gasteiger partial charge in [-0.2, -0.15) is 0 Å². The first-order valence-corrected chi connectivity index (χ1v) is 6.78. The maximum absolute atomic E-state index is 10.4. The molecule has 0 atom stereocenters. The molecule has 2 rings (SSSR count). The minimum absolute atomic E-state index is 0.312. The van der Waals surface area contributed by atoms with E-state index in [1.54, 1.807) is 62.4 Å². The Balaban J connectivity index is 0.000000301. The van der Waals surface area contributed by atoms with Crippen LogP contribution in [0, 0.1) is 0 Å². The summed E-state index contributed by atoms with van der Waals surface area (Å²) in [5, 5.41) is 17.3. The number of carbonyl (C=O) groups excluding carboxylic acids is 1. The van der Waals surface area contributed by atoms with E-state index in [1.165, 1.54) is 0 Å². The van der Waals surface area contributed by atoms with Crippen LogP contribution in [0.4, 0.5) is 0 Å². The molecule has 118 valence electrons. The zero-order chi connectivity index (χ0) is 16.8. The Morgan fingerprint density at radius 1 is 0.955 bits per heavy atom. The van der Waals surface area contributed by atoms with Crippen molar-refractivity contribution in [1.29, 1.82) is 0 Å². The summed E-state index contributed by atoms with van der Waals surface area (Å²) >= 11 is 0. The summed E-state index contributed by atoms with van der Waals surface area (Å²) in [4.78, 5) is 10.4. The van der Waals surface area contributed by atoms with Crippen LogP contribution in [-0.4, -0.2) is 22.8 Å². The first kappa shape index (κ1) is 19.2. The van der Waals surface area contributed by atoms with E-state index < -0.39 is 0 Å². The molecule has 22 heavy (non-hydrogen) atoms. The van der Waals surface area contributed by atoms with Crippen molar-refractivity contribution in [3.8, 4) is 11.5 Å². The van der Waals surface area contributed by atoms with Gasteiger partial charge in [-0.1, -0.05) is 43.0 Å². The Kier molecular flexibility index (Phi) is 10.5. The Bertz CT molecular complexity index is 498. The maximum Gasteiger partial charge on any atom is 0.333 e. The fourth-order valence-corrected chi connectivity index (χ4v) is 1.11. The molecule has 0 radical (unpaired) electrons. The molecule has 0 aliphatic heterocycles. The van der Waals surface area contributed by atoms with E-state index in [0.29, 0.717) is 23.7 Å². The normalized spacial score (nSPS) is 8.45. The molecule has 0 aliphatic rings. The van der Waals surface area contributed by atoms with E-state index in [-0.39, 0.29) is 5.97 Å². The summed E-state index contributed by atoms with van der Waals surface area (Å²) in [6, 6.07) is 17.4. The van der Waals surface area contributed by atoms with Crippen LogP contribution in [0.25, 0.3) is 0 Å². The van der Waals surface area contributed by atoms with E-state index in [0.717, 1.165) is 0 Å². The van der Waals surface area contributed by atoms with Gasteiger partial charge in [-0.3, -0.25) is 0 Å². The van der Waals surface area contributed by atoms with Gasteiger partial charge in [0.2, 0.25) is 0 Å². The highest BCUT2D eigenvalue weighted by molar-refractivity contribution is 5.86. The van der Waals surface area contributed by atoms with Crippen molar-refractivity contribution >= 4 is 5.97 Å². The number of carbonyl (C=O) groups is 1. The highest BCUT2D eigenvalue weighted by Gasteiger charge is 1.98. The lowest BCUT2D eigenvalue weighted by molar-refractivity contribution is -0.138. The number of ether oxygens (including phenoxy) is 1. The lowest BCUT2D eigenvalue weighted by Crippen LogP contribution is -2.03. The van der Waals surface area contributed by atoms with Crippen LogP contribution in [0.1, 0.15) is 13.8 Å². The van der Waals surface area contributed by atoms with Gasteiger partial charge in [0, 0.05) is 5.57 Å². The molecule has 0 heterocycles. The summed E-state index contributed by atoms with van der Waals surface area (Å²) in [5.74, 6) is 0.331. The number of hydrogen-bond acceptors (Lipinski definition) is 4. The summed E-state index contributed by atoms with van der Waals surface area (Å²) in [7, 11) is 0. The third-order valence-electron chi connectivity index (χ3n) is 2.14. The van der Waals surface area contributed by atoms with Gasteiger partial charge < -0.3 is 14.9 Å². The zero-order valence-electron chi connectivity index (χ0n) is 12.9. The average Bonchev–Trinajstić information content (AvgIpc) is 2.50. The van der Waals surface area contributed by atoms with Gasteiger partial charge in [0.05, 0.1) is 6.61 Å². The quantitative estimate of drug-likeness (QED) is 0.652. The fraction of sp³-hybridized carbons (Fsp3) is 0.167. The molecule has 4 nitrogen and oxygen atoms in total. The van der Waals surface area contributed by atoms with Crippen LogP contribution in [0.3, 0.4) is 0 Å². The van der Waals surface area contributed by atoms with Gasteiger partial charge in [0.15, 0.2) is 0 Å². The maximum atomic E-state index is 10.4. The first-order valence-electron chi connectivity index (χ1n) is 6.78. The molecule has 0 unspecified atom stereocenters. The molecule has 0 spiro atoms. The highest BCUT2D eigenvalue weighted by atomic mass is 16.5. The SMILES string of the molecule is C=C(C)C(=O)OCC.Oc1ccccc1.Oc1ccccc1. The lowest BCUT2D eigenvalue weighted by Gasteiger charge is -1.96. The summed E-state index contributed by atoms with van der Waals surface area (Å²) in [5.41, 5.74) is 0.451. The second-order valence-electron chi connectivity index (χ2n) is 4.17. The van der Waals surface area contributed by atoms with Crippen molar-refractivity contribution in [2.75, 3.05) is 6.61 Å². The Labute approximate surface area is 131 Å².